The van der Waals surface area contributed by atoms with Crippen molar-refractivity contribution in [1.82, 2.24) is 4.90 Å². The normalized spacial score (nSPS) is 18.1. The van der Waals surface area contributed by atoms with Crippen LogP contribution < -0.4 is 14.2 Å². The minimum absolute atomic E-state index is 0.281. The van der Waals surface area contributed by atoms with E-state index in [1.165, 1.54) is 27.4 Å². The lowest BCUT2D eigenvalue weighted by Crippen LogP contribution is -2.47. The Hall–Kier alpha value is -2.94. The number of likely N-dealkylation sites (tertiary alicyclic amines) is 1. The number of rotatable bonds is 7. The van der Waals surface area contributed by atoms with Gasteiger partial charge in [-0.25, -0.2) is 0 Å². The molecule has 2 unspecified atom stereocenters. The number of halogens is 3. The summed E-state index contributed by atoms with van der Waals surface area (Å²) in [6, 6.07) is 6.64. The Kier molecular flexibility index (Phi) is 7.18. The fraction of sp³-hybridized carbons (Fsp3) is 0.435. The summed E-state index contributed by atoms with van der Waals surface area (Å²) in [7, 11) is 4.33. The molecule has 2 atom stereocenters. The Balaban J connectivity index is 2.26. The fourth-order valence-corrected chi connectivity index (χ4v) is 4.30. The van der Waals surface area contributed by atoms with E-state index in [-0.39, 0.29) is 11.5 Å². The van der Waals surface area contributed by atoms with Crippen molar-refractivity contribution in [3.63, 3.8) is 0 Å². The second kappa shape index (κ2) is 9.68. The van der Waals surface area contributed by atoms with Crippen LogP contribution in [0.25, 0.3) is 0 Å². The summed E-state index contributed by atoms with van der Waals surface area (Å²) in [5, 5.41) is 9.85. The van der Waals surface area contributed by atoms with Crippen LogP contribution in [0.15, 0.2) is 36.4 Å². The van der Waals surface area contributed by atoms with Crippen LogP contribution in [0.4, 0.5) is 13.2 Å². The first-order chi connectivity index (χ1) is 15.2. The van der Waals surface area contributed by atoms with E-state index >= 15 is 0 Å². The molecule has 174 valence electrons. The molecule has 1 aliphatic rings. The standard InChI is InChI=1S/C23H26F3NO5/c1-30-18-11-10-16(20(31-2)21(18)32-3)19(27-12-5-4-9-17(27)22(28)29)14-7-6-8-15(13-14)23(24,25)26/h6-8,10-11,13,17,19H,4-5,9,12H2,1-3H3,(H,28,29). The fourth-order valence-electron chi connectivity index (χ4n) is 4.30. The number of nitrogens with zero attached hydrogens (tertiary/aromatic N) is 1. The minimum Gasteiger partial charge on any atom is -0.493 e. The molecule has 32 heavy (non-hydrogen) atoms. The van der Waals surface area contributed by atoms with Gasteiger partial charge >= 0.3 is 12.1 Å². The van der Waals surface area contributed by atoms with E-state index in [2.05, 4.69) is 0 Å². The van der Waals surface area contributed by atoms with Crippen molar-refractivity contribution >= 4 is 5.97 Å². The molecule has 1 aliphatic heterocycles. The highest BCUT2D eigenvalue weighted by atomic mass is 19.4. The van der Waals surface area contributed by atoms with Crippen LogP contribution in [-0.2, 0) is 11.0 Å². The summed E-state index contributed by atoms with van der Waals surface area (Å²) in [6.07, 6.45) is -2.67. The van der Waals surface area contributed by atoms with E-state index in [9.17, 15) is 23.1 Å². The molecule has 0 spiro atoms. The molecule has 1 N–H and O–H groups in total. The number of hydrogen-bond donors (Lipinski definition) is 1. The molecule has 0 saturated carbocycles. The van der Waals surface area contributed by atoms with E-state index in [0.717, 1.165) is 25.0 Å². The van der Waals surface area contributed by atoms with Gasteiger partial charge in [0.05, 0.1) is 32.9 Å². The summed E-state index contributed by atoms with van der Waals surface area (Å²) in [5.74, 6) is -0.0530. The van der Waals surface area contributed by atoms with Crippen LogP contribution in [0.5, 0.6) is 17.2 Å². The number of carboxylic acids is 1. The Morgan fingerprint density at radius 2 is 1.78 bits per heavy atom. The lowest BCUT2D eigenvalue weighted by Gasteiger charge is -2.40. The molecule has 9 heteroatoms. The maximum absolute atomic E-state index is 13.5. The van der Waals surface area contributed by atoms with Gasteiger partial charge in [0.15, 0.2) is 11.5 Å². The zero-order valence-corrected chi connectivity index (χ0v) is 18.1. The van der Waals surface area contributed by atoms with Crippen LogP contribution in [0.3, 0.4) is 0 Å². The maximum atomic E-state index is 13.5. The quantitative estimate of drug-likeness (QED) is 0.652. The molecule has 1 saturated heterocycles. The van der Waals surface area contributed by atoms with Crippen molar-refractivity contribution < 1.29 is 37.3 Å². The summed E-state index contributed by atoms with van der Waals surface area (Å²) in [6.45, 7) is 0.412. The SMILES string of the molecule is COc1ccc(C(c2cccc(C(F)(F)F)c2)N2CCCCC2C(=O)O)c(OC)c1OC. The van der Waals surface area contributed by atoms with Crippen LogP contribution in [0.2, 0.25) is 0 Å². The Morgan fingerprint density at radius 1 is 1.06 bits per heavy atom. The van der Waals surface area contributed by atoms with Crippen molar-refractivity contribution in [3.8, 4) is 17.2 Å². The van der Waals surface area contributed by atoms with Crippen LogP contribution in [-0.4, -0.2) is 49.9 Å². The number of piperidine rings is 1. The van der Waals surface area contributed by atoms with Crippen LogP contribution >= 0.6 is 0 Å². The predicted octanol–water partition coefficient (Wildman–Crippen LogP) is 4.76. The van der Waals surface area contributed by atoms with Gasteiger partial charge in [0.1, 0.15) is 6.04 Å². The first-order valence-corrected chi connectivity index (χ1v) is 10.2. The maximum Gasteiger partial charge on any atom is 0.416 e. The lowest BCUT2D eigenvalue weighted by atomic mass is 9.90. The smallest absolute Gasteiger partial charge is 0.416 e. The molecule has 0 aromatic heterocycles. The van der Waals surface area contributed by atoms with Crippen molar-refractivity contribution in [2.24, 2.45) is 0 Å². The second-order valence-electron chi connectivity index (χ2n) is 7.54. The van der Waals surface area contributed by atoms with E-state index in [4.69, 9.17) is 14.2 Å². The topological polar surface area (TPSA) is 68.2 Å². The third-order valence-corrected chi connectivity index (χ3v) is 5.72. The van der Waals surface area contributed by atoms with Crippen molar-refractivity contribution in [3.05, 3.63) is 53.1 Å². The van der Waals surface area contributed by atoms with Crippen molar-refractivity contribution in [1.29, 1.82) is 0 Å². The molecular formula is C23H26F3NO5. The number of alkyl halides is 3. The highest BCUT2D eigenvalue weighted by molar-refractivity contribution is 5.74. The van der Waals surface area contributed by atoms with Gasteiger partial charge in [-0.1, -0.05) is 18.6 Å². The van der Waals surface area contributed by atoms with E-state index < -0.39 is 29.8 Å². The molecule has 0 aliphatic carbocycles. The molecule has 0 amide bonds. The van der Waals surface area contributed by atoms with Gasteiger partial charge in [0.2, 0.25) is 5.75 Å². The summed E-state index contributed by atoms with van der Waals surface area (Å²) in [4.78, 5) is 13.8. The zero-order valence-electron chi connectivity index (χ0n) is 18.1. The van der Waals surface area contributed by atoms with Gasteiger partial charge < -0.3 is 19.3 Å². The Morgan fingerprint density at radius 3 is 2.38 bits per heavy atom. The summed E-state index contributed by atoms with van der Waals surface area (Å²) >= 11 is 0. The van der Waals surface area contributed by atoms with E-state index in [0.29, 0.717) is 29.8 Å². The molecule has 1 fully saturated rings. The highest BCUT2D eigenvalue weighted by Gasteiger charge is 2.38. The molecule has 0 bridgehead atoms. The van der Waals surface area contributed by atoms with Crippen LogP contribution in [0, 0.1) is 0 Å². The number of hydrogen-bond acceptors (Lipinski definition) is 5. The lowest BCUT2D eigenvalue weighted by molar-refractivity contribution is -0.145. The largest absolute Gasteiger partial charge is 0.493 e. The second-order valence-corrected chi connectivity index (χ2v) is 7.54. The average molecular weight is 453 g/mol. The van der Waals surface area contributed by atoms with Crippen molar-refractivity contribution in [2.45, 2.75) is 37.5 Å². The highest BCUT2D eigenvalue weighted by Crippen LogP contribution is 2.47. The molecule has 2 aromatic rings. The van der Waals surface area contributed by atoms with Gasteiger partial charge in [-0.2, -0.15) is 13.2 Å². The van der Waals surface area contributed by atoms with Crippen LogP contribution in [0.1, 0.15) is 42.0 Å². The summed E-state index contributed by atoms with van der Waals surface area (Å²) in [5.41, 5.74) is 0.0134. The average Bonchev–Trinajstić information content (AvgIpc) is 2.78. The number of benzene rings is 2. The first-order valence-electron chi connectivity index (χ1n) is 10.2. The van der Waals surface area contributed by atoms with Gasteiger partial charge in [0, 0.05) is 5.56 Å². The molecule has 3 rings (SSSR count). The molecule has 1 heterocycles. The van der Waals surface area contributed by atoms with E-state index in [1.54, 1.807) is 23.1 Å². The molecule has 0 radical (unpaired) electrons. The number of aliphatic carboxylic acids is 1. The van der Waals surface area contributed by atoms with Gasteiger partial charge in [0.25, 0.3) is 0 Å². The Labute approximate surface area is 184 Å². The van der Waals surface area contributed by atoms with E-state index in [1.807, 2.05) is 0 Å². The van der Waals surface area contributed by atoms with Gasteiger partial charge in [-0.3, -0.25) is 9.69 Å². The monoisotopic (exact) mass is 453 g/mol. The third kappa shape index (κ3) is 4.62. The Bertz CT molecular complexity index is 963. The van der Waals surface area contributed by atoms with Crippen molar-refractivity contribution in [2.75, 3.05) is 27.9 Å². The number of methoxy groups -OCH3 is 3. The number of carboxylic acid groups (broad SMARTS) is 1. The number of ether oxygens (including phenoxy) is 3. The summed E-state index contributed by atoms with van der Waals surface area (Å²) < 4.78 is 56.8. The molecular weight excluding hydrogens is 427 g/mol. The molecule has 6 nitrogen and oxygen atoms in total. The predicted molar refractivity (Wildman–Crippen MR) is 111 cm³/mol. The number of carbonyl (C=O) groups is 1. The first kappa shape index (κ1) is 23.7. The van der Waals surface area contributed by atoms with Gasteiger partial charge in [-0.15, -0.1) is 0 Å². The van der Waals surface area contributed by atoms with Gasteiger partial charge in [-0.05, 0) is 49.2 Å². The zero-order chi connectivity index (χ0) is 23.5. The third-order valence-electron chi connectivity index (χ3n) is 5.72. The minimum atomic E-state index is -4.53. The molecule has 2 aromatic carbocycles.